The molecule has 148 valence electrons. The molecular weight excluding hydrogens is 348 g/mol. The lowest BCUT2D eigenvalue weighted by Crippen LogP contribution is -2.39. The van der Waals surface area contributed by atoms with Crippen LogP contribution in [0.15, 0.2) is 54.6 Å². The minimum atomic E-state index is -0.0132. The van der Waals surface area contributed by atoms with Crippen LogP contribution in [0.4, 0.5) is 11.4 Å². The predicted octanol–water partition coefficient (Wildman–Crippen LogP) is 5.05. The second-order valence-corrected chi connectivity index (χ2v) is 7.47. The summed E-state index contributed by atoms with van der Waals surface area (Å²) in [5, 5.41) is 3.10. The molecule has 2 aromatic rings. The SMILES string of the molecule is CCc1ccccc1NC(=O)C1CCC(C(=O)N(CC)c2ccccc2)CC1. The first-order chi connectivity index (χ1) is 13.6. The summed E-state index contributed by atoms with van der Waals surface area (Å²) in [6.45, 7) is 4.76. The molecule has 0 saturated heterocycles. The van der Waals surface area contributed by atoms with Crippen LogP contribution < -0.4 is 10.2 Å². The summed E-state index contributed by atoms with van der Waals surface area (Å²) in [7, 11) is 0. The number of amides is 2. The third kappa shape index (κ3) is 4.61. The number of hydrogen-bond donors (Lipinski definition) is 1. The molecule has 28 heavy (non-hydrogen) atoms. The van der Waals surface area contributed by atoms with E-state index < -0.39 is 0 Å². The van der Waals surface area contributed by atoms with Crippen LogP contribution >= 0.6 is 0 Å². The lowest BCUT2D eigenvalue weighted by Gasteiger charge is -2.31. The third-order valence-corrected chi connectivity index (χ3v) is 5.75. The lowest BCUT2D eigenvalue weighted by atomic mass is 9.80. The largest absolute Gasteiger partial charge is 0.326 e. The fourth-order valence-electron chi connectivity index (χ4n) is 4.08. The number of nitrogens with zero attached hydrogens (tertiary/aromatic N) is 1. The van der Waals surface area contributed by atoms with E-state index >= 15 is 0 Å². The van der Waals surface area contributed by atoms with Gasteiger partial charge in [-0.1, -0.05) is 43.3 Å². The Morgan fingerprint density at radius 1 is 0.893 bits per heavy atom. The molecule has 3 rings (SSSR count). The second kappa shape index (κ2) is 9.54. The number of carbonyl (C=O) groups excluding carboxylic acids is 2. The van der Waals surface area contributed by atoms with E-state index in [0.717, 1.165) is 49.0 Å². The molecule has 0 radical (unpaired) electrons. The number of anilines is 2. The van der Waals surface area contributed by atoms with Gasteiger partial charge in [0.25, 0.3) is 0 Å². The Kier molecular flexibility index (Phi) is 6.85. The molecule has 0 aliphatic heterocycles. The van der Waals surface area contributed by atoms with Gasteiger partial charge in [0, 0.05) is 29.8 Å². The quantitative estimate of drug-likeness (QED) is 0.765. The maximum absolute atomic E-state index is 13.0. The molecule has 4 heteroatoms. The Labute approximate surface area is 167 Å². The molecule has 1 N–H and O–H groups in total. The first-order valence-corrected chi connectivity index (χ1v) is 10.4. The zero-order valence-corrected chi connectivity index (χ0v) is 16.9. The van der Waals surface area contributed by atoms with Crippen molar-refractivity contribution in [2.24, 2.45) is 11.8 Å². The first kappa shape index (κ1) is 20.1. The molecule has 0 aromatic heterocycles. The molecule has 2 aromatic carbocycles. The maximum atomic E-state index is 13.0. The summed E-state index contributed by atoms with van der Waals surface area (Å²) in [6, 6.07) is 17.8. The summed E-state index contributed by atoms with van der Waals surface area (Å²) in [6.07, 6.45) is 3.97. The van der Waals surface area contributed by atoms with Gasteiger partial charge in [0.1, 0.15) is 0 Å². The van der Waals surface area contributed by atoms with E-state index in [0.29, 0.717) is 6.54 Å². The number of carbonyl (C=O) groups is 2. The number of aryl methyl sites for hydroxylation is 1. The summed E-state index contributed by atoms with van der Waals surface area (Å²) in [4.78, 5) is 27.6. The van der Waals surface area contributed by atoms with Gasteiger partial charge in [-0.25, -0.2) is 0 Å². The normalized spacial score (nSPS) is 19.1. The molecule has 0 atom stereocenters. The standard InChI is InChI=1S/C24H30N2O2/c1-3-18-10-8-9-13-22(18)25-23(27)19-14-16-20(17-15-19)24(28)26(4-2)21-11-6-5-7-12-21/h5-13,19-20H,3-4,14-17H2,1-2H3,(H,25,27). The van der Waals surface area contributed by atoms with Crippen LogP contribution in [0.5, 0.6) is 0 Å². The molecule has 0 spiro atoms. The van der Waals surface area contributed by atoms with E-state index in [2.05, 4.69) is 12.2 Å². The van der Waals surface area contributed by atoms with Crippen LogP contribution in [0.3, 0.4) is 0 Å². The number of para-hydroxylation sites is 2. The summed E-state index contributed by atoms with van der Waals surface area (Å²) >= 11 is 0. The fourth-order valence-corrected chi connectivity index (χ4v) is 4.08. The van der Waals surface area contributed by atoms with E-state index in [1.54, 1.807) is 0 Å². The number of rotatable bonds is 6. The third-order valence-electron chi connectivity index (χ3n) is 5.75. The van der Waals surface area contributed by atoms with Crippen LogP contribution in [0.25, 0.3) is 0 Å². The smallest absolute Gasteiger partial charge is 0.230 e. The maximum Gasteiger partial charge on any atom is 0.230 e. The average Bonchev–Trinajstić information content (AvgIpc) is 2.75. The van der Waals surface area contributed by atoms with E-state index in [-0.39, 0.29) is 23.7 Å². The van der Waals surface area contributed by atoms with E-state index in [4.69, 9.17) is 0 Å². The van der Waals surface area contributed by atoms with Crippen molar-refractivity contribution in [1.82, 2.24) is 0 Å². The Bertz CT molecular complexity index is 795. The van der Waals surface area contributed by atoms with E-state index in [1.165, 1.54) is 0 Å². The predicted molar refractivity (Wildman–Crippen MR) is 114 cm³/mol. The molecule has 2 amide bonds. The van der Waals surface area contributed by atoms with E-state index in [9.17, 15) is 9.59 Å². The summed E-state index contributed by atoms with van der Waals surface area (Å²) < 4.78 is 0. The van der Waals surface area contributed by atoms with Crippen LogP contribution in [0.2, 0.25) is 0 Å². The summed E-state index contributed by atoms with van der Waals surface area (Å²) in [5.74, 6) is 0.263. The highest BCUT2D eigenvalue weighted by Gasteiger charge is 2.32. The van der Waals surface area contributed by atoms with Crippen LogP contribution in [0.1, 0.15) is 45.1 Å². The van der Waals surface area contributed by atoms with Gasteiger partial charge in [0.05, 0.1) is 0 Å². The van der Waals surface area contributed by atoms with Crippen molar-refractivity contribution >= 4 is 23.2 Å². The topological polar surface area (TPSA) is 49.4 Å². The monoisotopic (exact) mass is 378 g/mol. The molecule has 1 aliphatic carbocycles. The van der Waals surface area contributed by atoms with Crippen molar-refractivity contribution in [2.45, 2.75) is 46.0 Å². The summed E-state index contributed by atoms with van der Waals surface area (Å²) in [5.41, 5.74) is 3.02. The van der Waals surface area contributed by atoms with Crippen molar-refractivity contribution in [2.75, 3.05) is 16.8 Å². The average molecular weight is 379 g/mol. The highest BCUT2D eigenvalue weighted by Crippen LogP contribution is 2.32. The van der Waals surface area contributed by atoms with Gasteiger partial charge in [-0.05, 0) is 62.8 Å². The zero-order chi connectivity index (χ0) is 19.9. The minimum Gasteiger partial charge on any atom is -0.326 e. The van der Waals surface area contributed by atoms with Gasteiger partial charge in [-0.3, -0.25) is 9.59 Å². The van der Waals surface area contributed by atoms with Crippen molar-refractivity contribution in [1.29, 1.82) is 0 Å². The van der Waals surface area contributed by atoms with Crippen LogP contribution in [-0.2, 0) is 16.0 Å². The van der Waals surface area contributed by atoms with Crippen molar-refractivity contribution in [3.05, 3.63) is 60.2 Å². The van der Waals surface area contributed by atoms with Crippen molar-refractivity contribution in [3.8, 4) is 0 Å². The van der Waals surface area contributed by atoms with E-state index in [1.807, 2.05) is 66.4 Å². The number of nitrogens with one attached hydrogen (secondary N) is 1. The lowest BCUT2D eigenvalue weighted by molar-refractivity contribution is -0.126. The van der Waals surface area contributed by atoms with Gasteiger partial charge in [0.2, 0.25) is 11.8 Å². The van der Waals surface area contributed by atoms with Crippen molar-refractivity contribution < 1.29 is 9.59 Å². The first-order valence-electron chi connectivity index (χ1n) is 10.4. The highest BCUT2D eigenvalue weighted by atomic mass is 16.2. The molecule has 1 fully saturated rings. The van der Waals surface area contributed by atoms with Gasteiger partial charge in [0.15, 0.2) is 0 Å². The minimum absolute atomic E-state index is 0.00661. The molecule has 1 aliphatic rings. The van der Waals surface area contributed by atoms with Gasteiger partial charge in [-0.15, -0.1) is 0 Å². The van der Waals surface area contributed by atoms with Crippen LogP contribution in [-0.4, -0.2) is 18.4 Å². The fraction of sp³-hybridized carbons (Fsp3) is 0.417. The van der Waals surface area contributed by atoms with Crippen LogP contribution in [0, 0.1) is 11.8 Å². The second-order valence-electron chi connectivity index (χ2n) is 7.47. The molecule has 0 unspecified atom stereocenters. The molecule has 0 heterocycles. The number of benzene rings is 2. The molecule has 4 nitrogen and oxygen atoms in total. The van der Waals surface area contributed by atoms with Gasteiger partial charge in [-0.2, -0.15) is 0 Å². The van der Waals surface area contributed by atoms with Gasteiger partial charge < -0.3 is 10.2 Å². The molecule has 1 saturated carbocycles. The Morgan fingerprint density at radius 2 is 1.50 bits per heavy atom. The zero-order valence-electron chi connectivity index (χ0n) is 16.9. The number of hydrogen-bond acceptors (Lipinski definition) is 2. The Morgan fingerprint density at radius 3 is 2.14 bits per heavy atom. The molecular formula is C24H30N2O2. The Hall–Kier alpha value is -2.62. The van der Waals surface area contributed by atoms with Crippen molar-refractivity contribution in [3.63, 3.8) is 0 Å². The highest BCUT2D eigenvalue weighted by molar-refractivity contribution is 5.96. The van der Waals surface area contributed by atoms with Gasteiger partial charge >= 0.3 is 0 Å². The Balaban J connectivity index is 1.57. The molecule has 0 bridgehead atoms.